The third-order valence-corrected chi connectivity index (χ3v) is 4.19. The summed E-state index contributed by atoms with van der Waals surface area (Å²) in [5.41, 5.74) is 2.72. The van der Waals surface area contributed by atoms with Gasteiger partial charge in [0, 0.05) is 24.6 Å². The van der Waals surface area contributed by atoms with Gasteiger partial charge >= 0.3 is 0 Å². The molecule has 0 spiro atoms. The number of aryl methyl sites for hydroxylation is 2. The third-order valence-electron chi connectivity index (χ3n) is 4.19. The van der Waals surface area contributed by atoms with Crippen molar-refractivity contribution in [2.24, 2.45) is 0 Å². The van der Waals surface area contributed by atoms with E-state index in [1.165, 1.54) is 0 Å². The summed E-state index contributed by atoms with van der Waals surface area (Å²) in [6.45, 7) is 6.10. The van der Waals surface area contributed by atoms with Crippen molar-refractivity contribution in [1.82, 2.24) is 10.5 Å². The van der Waals surface area contributed by atoms with Crippen LogP contribution < -0.4 is 5.32 Å². The lowest BCUT2D eigenvalue weighted by Gasteiger charge is -2.19. The van der Waals surface area contributed by atoms with E-state index in [1.807, 2.05) is 51.1 Å². The van der Waals surface area contributed by atoms with Crippen LogP contribution in [0.3, 0.4) is 0 Å². The standard InChI is InChI=1S/C18H24N2O3/c1-12(17-13(2)20-23-14(17)3)18(22)19-11-16(9-10-21)15-7-5-4-6-8-15/h4-8,12,16,21H,9-11H2,1-3H3,(H,19,22). The van der Waals surface area contributed by atoms with Crippen LogP contribution in [0.4, 0.5) is 0 Å². The van der Waals surface area contributed by atoms with Crippen molar-refractivity contribution >= 4 is 5.91 Å². The highest BCUT2D eigenvalue weighted by molar-refractivity contribution is 5.83. The molecule has 1 aromatic heterocycles. The topological polar surface area (TPSA) is 75.4 Å². The van der Waals surface area contributed by atoms with E-state index in [0.717, 1.165) is 16.8 Å². The molecule has 0 bridgehead atoms. The Bertz CT molecular complexity index is 617. The number of hydrogen-bond donors (Lipinski definition) is 2. The van der Waals surface area contributed by atoms with Gasteiger partial charge in [-0.05, 0) is 32.8 Å². The summed E-state index contributed by atoms with van der Waals surface area (Å²) in [5.74, 6) is 0.409. The normalized spacial score (nSPS) is 13.6. The first-order valence-corrected chi connectivity index (χ1v) is 7.90. The van der Waals surface area contributed by atoms with E-state index in [9.17, 15) is 9.90 Å². The molecule has 0 fully saturated rings. The summed E-state index contributed by atoms with van der Waals surface area (Å²) >= 11 is 0. The zero-order chi connectivity index (χ0) is 16.8. The van der Waals surface area contributed by atoms with Crippen LogP contribution in [-0.2, 0) is 4.79 Å². The highest BCUT2D eigenvalue weighted by Crippen LogP contribution is 2.24. The highest BCUT2D eigenvalue weighted by atomic mass is 16.5. The fraction of sp³-hybridized carbons (Fsp3) is 0.444. The lowest BCUT2D eigenvalue weighted by Crippen LogP contribution is -2.32. The van der Waals surface area contributed by atoms with Crippen LogP contribution in [0.5, 0.6) is 0 Å². The van der Waals surface area contributed by atoms with Crippen LogP contribution in [0.15, 0.2) is 34.9 Å². The zero-order valence-electron chi connectivity index (χ0n) is 13.9. The average Bonchev–Trinajstić information content (AvgIpc) is 2.90. The Balaban J connectivity index is 2.02. The van der Waals surface area contributed by atoms with Gasteiger partial charge in [-0.1, -0.05) is 35.5 Å². The molecule has 1 amide bonds. The fourth-order valence-corrected chi connectivity index (χ4v) is 2.88. The number of benzene rings is 1. The first-order chi connectivity index (χ1) is 11.0. The molecule has 2 aromatic rings. The molecule has 5 nitrogen and oxygen atoms in total. The van der Waals surface area contributed by atoms with Crippen LogP contribution in [0.2, 0.25) is 0 Å². The highest BCUT2D eigenvalue weighted by Gasteiger charge is 2.23. The first kappa shape index (κ1) is 17.2. The van der Waals surface area contributed by atoms with Gasteiger partial charge in [0.2, 0.25) is 5.91 Å². The van der Waals surface area contributed by atoms with E-state index in [0.29, 0.717) is 18.7 Å². The molecule has 2 unspecified atom stereocenters. The first-order valence-electron chi connectivity index (χ1n) is 7.90. The number of aliphatic hydroxyl groups excluding tert-OH is 1. The number of carbonyl (C=O) groups is 1. The van der Waals surface area contributed by atoms with Crippen LogP contribution in [0.25, 0.3) is 0 Å². The number of hydrogen-bond acceptors (Lipinski definition) is 4. The van der Waals surface area contributed by atoms with E-state index in [1.54, 1.807) is 0 Å². The Hall–Kier alpha value is -2.14. The minimum Gasteiger partial charge on any atom is -0.396 e. The van der Waals surface area contributed by atoms with Crippen molar-refractivity contribution in [3.8, 4) is 0 Å². The van der Waals surface area contributed by atoms with Crippen LogP contribution in [0.1, 0.15) is 47.8 Å². The molecule has 1 heterocycles. The van der Waals surface area contributed by atoms with E-state index < -0.39 is 0 Å². The largest absolute Gasteiger partial charge is 0.396 e. The van der Waals surface area contributed by atoms with Crippen molar-refractivity contribution in [3.63, 3.8) is 0 Å². The van der Waals surface area contributed by atoms with Gasteiger partial charge in [-0.3, -0.25) is 4.79 Å². The van der Waals surface area contributed by atoms with E-state index in [2.05, 4.69) is 10.5 Å². The SMILES string of the molecule is Cc1noc(C)c1C(C)C(=O)NCC(CCO)c1ccccc1. The number of carbonyl (C=O) groups excluding carboxylic acids is 1. The summed E-state index contributed by atoms with van der Waals surface area (Å²) in [6.07, 6.45) is 0.615. The molecule has 0 radical (unpaired) electrons. The van der Waals surface area contributed by atoms with Crippen LogP contribution in [-0.4, -0.2) is 29.3 Å². The van der Waals surface area contributed by atoms with Crippen molar-refractivity contribution in [2.75, 3.05) is 13.2 Å². The Morgan fingerprint density at radius 3 is 2.57 bits per heavy atom. The lowest BCUT2D eigenvalue weighted by atomic mass is 9.95. The summed E-state index contributed by atoms with van der Waals surface area (Å²) in [6, 6.07) is 9.92. The van der Waals surface area contributed by atoms with Gasteiger partial charge in [-0.25, -0.2) is 0 Å². The number of aliphatic hydroxyl groups is 1. The van der Waals surface area contributed by atoms with Gasteiger partial charge in [-0.15, -0.1) is 0 Å². The number of nitrogens with one attached hydrogen (secondary N) is 1. The van der Waals surface area contributed by atoms with Gasteiger partial charge in [0.25, 0.3) is 0 Å². The molecule has 0 saturated heterocycles. The second-order valence-electron chi connectivity index (χ2n) is 5.82. The van der Waals surface area contributed by atoms with Crippen LogP contribution >= 0.6 is 0 Å². The monoisotopic (exact) mass is 316 g/mol. The molecule has 0 aliphatic carbocycles. The summed E-state index contributed by atoms with van der Waals surface area (Å²) in [4.78, 5) is 12.4. The molecular formula is C18H24N2O3. The second kappa shape index (κ2) is 7.92. The molecule has 2 rings (SSSR count). The minimum absolute atomic E-state index is 0.0572. The quantitative estimate of drug-likeness (QED) is 0.823. The molecular weight excluding hydrogens is 292 g/mol. The maximum atomic E-state index is 12.4. The number of rotatable bonds is 7. The summed E-state index contributed by atoms with van der Waals surface area (Å²) in [7, 11) is 0. The van der Waals surface area contributed by atoms with Gasteiger partial charge < -0.3 is 14.9 Å². The fourth-order valence-electron chi connectivity index (χ4n) is 2.88. The Morgan fingerprint density at radius 2 is 2.00 bits per heavy atom. The van der Waals surface area contributed by atoms with Crippen molar-refractivity contribution in [2.45, 2.75) is 39.0 Å². The van der Waals surface area contributed by atoms with Crippen molar-refractivity contribution < 1.29 is 14.4 Å². The third kappa shape index (κ3) is 4.20. The molecule has 1 aromatic carbocycles. The van der Waals surface area contributed by atoms with Crippen molar-refractivity contribution in [3.05, 3.63) is 52.9 Å². The molecule has 0 aliphatic heterocycles. The number of amides is 1. The van der Waals surface area contributed by atoms with Gasteiger partial charge in [0.1, 0.15) is 5.76 Å². The van der Waals surface area contributed by atoms with Gasteiger partial charge in [0.15, 0.2) is 0 Å². The molecule has 0 aliphatic rings. The van der Waals surface area contributed by atoms with E-state index in [4.69, 9.17) is 4.52 Å². The lowest BCUT2D eigenvalue weighted by molar-refractivity contribution is -0.122. The summed E-state index contributed by atoms with van der Waals surface area (Å²) in [5, 5.41) is 16.2. The Labute approximate surface area is 136 Å². The molecule has 5 heteroatoms. The van der Waals surface area contributed by atoms with E-state index >= 15 is 0 Å². The van der Waals surface area contributed by atoms with Gasteiger partial charge in [-0.2, -0.15) is 0 Å². The number of aromatic nitrogens is 1. The smallest absolute Gasteiger partial charge is 0.227 e. The minimum atomic E-state index is -0.313. The maximum Gasteiger partial charge on any atom is 0.227 e. The molecule has 2 atom stereocenters. The van der Waals surface area contributed by atoms with Crippen LogP contribution in [0, 0.1) is 13.8 Å². The Morgan fingerprint density at radius 1 is 1.30 bits per heavy atom. The van der Waals surface area contributed by atoms with Gasteiger partial charge in [0.05, 0.1) is 11.6 Å². The zero-order valence-corrected chi connectivity index (χ0v) is 13.9. The predicted octanol–water partition coefficient (Wildman–Crippen LogP) is 2.68. The molecule has 124 valence electrons. The molecule has 0 saturated carbocycles. The molecule has 23 heavy (non-hydrogen) atoms. The predicted molar refractivity (Wildman–Crippen MR) is 88.3 cm³/mol. The maximum absolute atomic E-state index is 12.4. The van der Waals surface area contributed by atoms with Crippen molar-refractivity contribution in [1.29, 1.82) is 0 Å². The Kier molecular flexibility index (Phi) is 5.93. The second-order valence-corrected chi connectivity index (χ2v) is 5.82. The molecule has 2 N–H and O–H groups in total. The van der Waals surface area contributed by atoms with E-state index in [-0.39, 0.29) is 24.3 Å². The summed E-state index contributed by atoms with van der Waals surface area (Å²) < 4.78 is 5.14. The number of nitrogens with zero attached hydrogens (tertiary/aromatic N) is 1. The average molecular weight is 316 g/mol.